The Morgan fingerprint density at radius 2 is 1.12 bits per heavy atom. The monoisotopic (exact) mass is 738 g/mol. The van der Waals surface area contributed by atoms with Gasteiger partial charge in [0.05, 0.1) is 12.7 Å². The second-order valence-electron chi connectivity index (χ2n) is 13.1. The molecule has 0 aliphatic carbocycles. The summed E-state index contributed by atoms with van der Waals surface area (Å²) in [7, 11) is -4.80. The molecule has 0 bridgehead atoms. The van der Waals surface area contributed by atoms with Crippen LogP contribution in [0.1, 0.15) is 162 Å². The number of phosphoric ester groups is 1. The summed E-state index contributed by atoms with van der Waals surface area (Å²) in [6.45, 7) is 3.46. The third-order valence-corrected chi connectivity index (χ3v) is 8.60. The van der Waals surface area contributed by atoms with Gasteiger partial charge >= 0.3 is 19.8 Å². The molecule has 0 aliphatic rings. The summed E-state index contributed by atoms with van der Waals surface area (Å²) in [5, 5.41) is 10.2. The first-order valence-electron chi connectivity index (χ1n) is 19.7. The number of carbonyl (C=O) groups excluding carboxylic acids is 2. The minimum Gasteiger partial charge on any atom is -0.462 e. The van der Waals surface area contributed by atoms with Crippen LogP contribution in [-0.2, 0) is 28.2 Å². The summed E-state index contributed by atoms with van der Waals surface area (Å²) in [5.74, 6) is -1.10. The zero-order chi connectivity index (χ0) is 37.7. The van der Waals surface area contributed by atoms with E-state index < -0.39 is 38.6 Å². The SMILES string of the molecule is CCCCC/C=C\C/C=C\C/C=C\C=C\[C@@H](O)CCCC(=O)OC[C@H](COP(=O)(O)O)OC(=O)CCCCCCCCC/C=C\CCCCCC. The molecule has 2 atom stereocenters. The van der Waals surface area contributed by atoms with Crippen LogP contribution in [-0.4, -0.2) is 52.3 Å². The van der Waals surface area contributed by atoms with Crippen molar-refractivity contribution < 1.29 is 43.0 Å². The summed E-state index contributed by atoms with van der Waals surface area (Å²) >= 11 is 0. The number of ether oxygens (including phenoxy) is 2. The maximum atomic E-state index is 12.4. The zero-order valence-electron chi connectivity index (χ0n) is 31.8. The van der Waals surface area contributed by atoms with Gasteiger partial charge in [-0.2, -0.15) is 0 Å². The summed E-state index contributed by atoms with van der Waals surface area (Å²) in [4.78, 5) is 42.8. The molecule has 0 rings (SSSR count). The number of hydrogen-bond donors (Lipinski definition) is 3. The molecule has 0 aromatic carbocycles. The third-order valence-electron chi connectivity index (χ3n) is 8.11. The van der Waals surface area contributed by atoms with Crippen molar-refractivity contribution in [2.45, 2.75) is 174 Å². The van der Waals surface area contributed by atoms with Gasteiger partial charge in [-0.15, -0.1) is 0 Å². The minimum absolute atomic E-state index is 0.0361. The molecule has 0 aromatic rings. The van der Waals surface area contributed by atoms with E-state index in [9.17, 15) is 19.3 Å². The van der Waals surface area contributed by atoms with Gasteiger partial charge in [-0.3, -0.25) is 14.1 Å². The van der Waals surface area contributed by atoms with E-state index in [0.29, 0.717) is 19.3 Å². The van der Waals surface area contributed by atoms with E-state index in [-0.39, 0.29) is 19.4 Å². The second kappa shape index (κ2) is 36.1. The van der Waals surface area contributed by atoms with Gasteiger partial charge in [-0.25, -0.2) is 4.57 Å². The van der Waals surface area contributed by atoms with E-state index in [1.165, 1.54) is 70.6 Å². The van der Waals surface area contributed by atoms with Gasteiger partial charge in [0.1, 0.15) is 6.61 Å². The number of esters is 2. The van der Waals surface area contributed by atoms with E-state index in [4.69, 9.17) is 19.3 Å². The number of unbranched alkanes of at least 4 members (excludes halogenated alkanes) is 14. The molecule has 0 amide bonds. The predicted octanol–water partition coefficient (Wildman–Crippen LogP) is 10.7. The molecular formula is C41H71O9P. The zero-order valence-corrected chi connectivity index (χ0v) is 32.7. The molecule has 0 fully saturated rings. The van der Waals surface area contributed by atoms with Crippen LogP contribution in [0.4, 0.5) is 0 Å². The smallest absolute Gasteiger partial charge is 0.462 e. The Kier molecular flexibility index (Phi) is 34.5. The van der Waals surface area contributed by atoms with Crippen LogP contribution in [0.15, 0.2) is 60.8 Å². The van der Waals surface area contributed by atoms with Crippen molar-refractivity contribution in [1.82, 2.24) is 0 Å². The third kappa shape index (κ3) is 38.8. The van der Waals surface area contributed by atoms with Crippen LogP contribution in [0.3, 0.4) is 0 Å². The number of carbonyl (C=O) groups is 2. The van der Waals surface area contributed by atoms with Crippen LogP contribution in [0.25, 0.3) is 0 Å². The fourth-order valence-electron chi connectivity index (χ4n) is 5.12. The molecule has 3 N–H and O–H groups in total. The van der Waals surface area contributed by atoms with Gasteiger partial charge in [0.15, 0.2) is 6.10 Å². The van der Waals surface area contributed by atoms with Gasteiger partial charge in [0.25, 0.3) is 0 Å². The first-order valence-corrected chi connectivity index (χ1v) is 21.2. The molecule has 9 nitrogen and oxygen atoms in total. The van der Waals surface area contributed by atoms with Crippen LogP contribution in [0, 0.1) is 0 Å². The average Bonchev–Trinajstić information content (AvgIpc) is 3.09. The standard InChI is InChI=1S/C41H71O9P/c1-3-5-7-9-11-13-15-17-18-20-22-24-26-28-30-34-41(44)50-39(37-49-51(45,46)47)36-48-40(43)35-31-33-38(42)32-29-27-25-23-21-19-16-14-12-10-8-6-4-2/h12-15,19,21,25,27,29,32,38-39,42H,3-11,16-18,20,22-24,26,28,30-31,33-37H2,1-2H3,(H2,45,46,47)/b14-12-,15-13-,21-19-,27-25-,32-29+/t38-,39-/m1/s1. The van der Waals surface area contributed by atoms with E-state index >= 15 is 0 Å². The van der Waals surface area contributed by atoms with Crippen LogP contribution < -0.4 is 0 Å². The summed E-state index contributed by atoms with van der Waals surface area (Å²) in [6, 6.07) is 0. The summed E-state index contributed by atoms with van der Waals surface area (Å²) in [5.41, 5.74) is 0. The summed E-state index contributed by atoms with van der Waals surface area (Å²) < 4.78 is 26.2. The summed E-state index contributed by atoms with van der Waals surface area (Å²) in [6.07, 6.45) is 41.1. The van der Waals surface area contributed by atoms with Crippen LogP contribution >= 0.6 is 7.82 Å². The molecule has 10 heteroatoms. The molecule has 0 aliphatic heterocycles. The van der Waals surface area contributed by atoms with Gasteiger partial charge in [-0.1, -0.05) is 139 Å². The lowest BCUT2D eigenvalue weighted by Crippen LogP contribution is -2.29. The first kappa shape index (κ1) is 48.7. The van der Waals surface area contributed by atoms with Crippen molar-refractivity contribution >= 4 is 19.8 Å². The van der Waals surface area contributed by atoms with E-state index in [0.717, 1.165) is 44.9 Å². The van der Waals surface area contributed by atoms with Crippen LogP contribution in [0.5, 0.6) is 0 Å². The Morgan fingerprint density at radius 3 is 1.76 bits per heavy atom. The maximum absolute atomic E-state index is 12.4. The molecule has 0 radical (unpaired) electrons. The number of aliphatic hydroxyl groups excluding tert-OH is 1. The Hall–Kier alpha value is -2.29. The van der Waals surface area contributed by atoms with Crippen molar-refractivity contribution in [3.8, 4) is 0 Å². The molecule has 51 heavy (non-hydrogen) atoms. The van der Waals surface area contributed by atoms with E-state index in [2.05, 4.69) is 54.8 Å². The number of allylic oxidation sites excluding steroid dienone is 9. The lowest BCUT2D eigenvalue weighted by atomic mass is 10.1. The topological polar surface area (TPSA) is 140 Å². The van der Waals surface area contributed by atoms with Gasteiger partial charge in [0, 0.05) is 12.8 Å². The van der Waals surface area contributed by atoms with Crippen molar-refractivity contribution in [2.75, 3.05) is 13.2 Å². The lowest BCUT2D eigenvalue weighted by molar-refractivity contribution is -0.161. The van der Waals surface area contributed by atoms with E-state index in [1.54, 1.807) is 12.2 Å². The van der Waals surface area contributed by atoms with Gasteiger partial charge in [-0.05, 0) is 70.6 Å². The predicted molar refractivity (Wildman–Crippen MR) is 208 cm³/mol. The molecule has 0 unspecified atom stereocenters. The molecule has 0 saturated heterocycles. The fourth-order valence-corrected chi connectivity index (χ4v) is 5.48. The second-order valence-corrected chi connectivity index (χ2v) is 14.3. The van der Waals surface area contributed by atoms with Gasteiger partial charge in [0.2, 0.25) is 0 Å². The Labute approximate surface area is 309 Å². The Balaban J connectivity index is 4.17. The number of phosphoric acid groups is 1. The Bertz CT molecular complexity index is 1030. The number of rotatable bonds is 35. The average molecular weight is 739 g/mol. The van der Waals surface area contributed by atoms with Gasteiger partial charge < -0.3 is 24.4 Å². The first-order chi connectivity index (χ1) is 24.7. The number of aliphatic hydroxyl groups is 1. The molecular weight excluding hydrogens is 667 g/mol. The molecule has 0 aromatic heterocycles. The highest BCUT2D eigenvalue weighted by molar-refractivity contribution is 7.46. The quantitative estimate of drug-likeness (QED) is 0.0190. The largest absolute Gasteiger partial charge is 0.469 e. The highest BCUT2D eigenvalue weighted by Gasteiger charge is 2.23. The van der Waals surface area contributed by atoms with Crippen molar-refractivity contribution in [3.63, 3.8) is 0 Å². The Morgan fingerprint density at radius 1 is 0.608 bits per heavy atom. The van der Waals surface area contributed by atoms with E-state index in [1.807, 2.05) is 12.2 Å². The van der Waals surface area contributed by atoms with Crippen molar-refractivity contribution in [2.24, 2.45) is 0 Å². The van der Waals surface area contributed by atoms with Crippen LogP contribution in [0.2, 0.25) is 0 Å². The minimum atomic E-state index is -4.80. The molecule has 0 spiro atoms. The normalized spacial score (nSPS) is 13.7. The molecule has 0 heterocycles. The highest BCUT2D eigenvalue weighted by atomic mass is 31.2. The maximum Gasteiger partial charge on any atom is 0.469 e. The lowest BCUT2D eigenvalue weighted by Gasteiger charge is -2.18. The molecule has 0 saturated carbocycles. The highest BCUT2D eigenvalue weighted by Crippen LogP contribution is 2.36. The fraction of sp³-hybridized carbons (Fsp3) is 0.707. The molecule has 294 valence electrons. The van der Waals surface area contributed by atoms with Crippen molar-refractivity contribution in [3.05, 3.63) is 60.8 Å². The number of hydrogen-bond acceptors (Lipinski definition) is 7. The van der Waals surface area contributed by atoms with Crippen molar-refractivity contribution in [1.29, 1.82) is 0 Å².